The van der Waals surface area contributed by atoms with E-state index >= 15 is 0 Å². The van der Waals surface area contributed by atoms with Crippen LogP contribution in [0.2, 0.25) is 0 Å². The summed E-state index contributed by atoms with van der Waals surface area (Å²) >= 11 is 0. The van der Waals surface area contributed by atoms with Crippen molar-refractivity contribution >= 4 is 6.29 Å². The molecule has 0 fully saturated rings. The van der Waals surface area contributed by atoms with Crippen molar-refractivity contribution in [1.29, 1.82) is 0 Å². The van der Waals surface area contributed by atoms with Crippen LogP contribution >= 0.6 is 0 Å². The number of carbonyl (C=O) groups is 1. The molecular formula is C21H22F4O3. The second kappa shape index (κ2) is 7.91. The largest absolute Gasteiger partial charge is 0.496 e. The van der Waals surface area contributed by atoms with Crippen LogP contribution < -0.4 is 4.74 Å². The fourth-order valence-corrected chi connectivity index (χ4v) is 3.65. The van der Waals surface area contributed by atoms with Crippen molar-refractivity contribution in [1.82, 2.24) is 0 Å². The molecule has 3 nitrogen and oxygen atoms in total. The molecule has 0 radical (unpaired) electrons. The lowest BCUT2D eigenvalue weighted by Crippen LogP contribution is -2.50. The zero-order chi connectivity index (χ0) is 21.2. The molecule has 2 atom stereocenters. The molecule has 0 aliphatic rings. The highest BCUT2D eigenvalue weighted by Crippen LogP contribution is 2.49. The number of halogens is 4. The second-order valence-electron chi connectivity index (χ2n) is 7.07. The fraction of sp³-hybridized carbons (Fsp3) is 0.381. The molecule has 2 aromatic carbocycles. The summed E-state index contributed by atoms with van der Waals surface area (Å²) in [7, 11) is 1.33. The number of rotatable bonds is 7. The van der Waals surface area contributed by atoms with Gasteiger partial charge < -0.3 is 14.6 Å². The van der Waals surface area contributed by atoms with E-state index in [9.17, 15) is 27.5 Å². The quantitative estimate of drug-likeness (QED) is 0.542. The predicted octanol–water partition coefficient (Wildman–Crippen LogP) is 4.72. The standard InChI is InChI=1S/C21H22F4O3/c1-14-6-4-5-7-16(14)19(2,13-20(27,10-11-26)21(23,24)25)17-12-15(22)8-9-18(17)28-3/h4-9,11-12,27H,10,13H2,1-3H3. The third-order valence-electron chi connectivity index (χ3n) is 5.09. The maximum absolute atomic E-state index is 14.0. The summed E-state index contributed by atoms with van der Waals surface area (Å²) in [5.41, 5.74) is -3.51. The van der Waals surface area contributed by atoms with Gasteiger partial charge in [0.2, 0.25) is 0 Å². The lowest BCUT2D eigenvalue weighted by atomic mass is 9.67. The van der Waals surface area contributed by atoms with E-state index in [0.717, 1.165) is 12.1 Å². The molecule has 0 aliphatic heterocycles. The van der Waals surface area contributed by atoms with E-state index < -0.39 is 35.9 Å². The van der Waals surface area contributed by atoms with Gasteiger partial charge in [-0.1, -0.05) is 31.2 Å². The molecule has 0 saturated carbocycles. The minimum Gasteiger partial charge on any atom is -0.496 e. The van der Waals surface area contributed by atoms with Crippen molar-refractivity contribution in [3.63, 3.8) is 0 Å². The first-order valence-electron chi connectivity index (χ1n) is 8.61. The van der Waals surface area contributed by atoms with Crippen molar-refractivity contribution < 1.29 is 32.2 Å². The average molecular weight is 398 g/mol. The van der Waals surface area contributed by atoms with Gasteiger partial charge in [0.1, 0.15) is 17.9 Å². The normalized spacial score (nSPS) is 16.1. The van der Waals surface area contributed by atoms with Crippen LogP contribution in [0.4, 0.5) is 17.6 Å². The second-order valence-corrected chi connectivity index (χ2v) is 7.07. The Balaban J connectivity index is 2.80. The fourth-order valence-electron chi connectivity index (χ4n) is 3.65. The number of benzene rings is 2. The Hall–Kier alpha value is -2.41. The molecule has 152 valence electrons. The van der Waals surface area contributed by atoms with Gasteiger partial charge in [0.15, 0.2) is 5.60 Å². The number of carbonyl (C=O) groups excluding carboxylic acids is 1. The lowest BCUT2D eigenvalue weighted by Gasteiger charge is -2.40. The zero-order valence-corrected chi connectivity index (χ0v) is 15.8. The first kappa shape index (κ1) is 21.9. The summed E-state index contributed by atoms with van der Waals surface area (Å²) in [6.07, 6.45) is -7.03. The highest BCUT2D eigenvalue weighted by Gasteiger charge is 2.57. The maximum atomic E-state index is 14.0. The minimum atomic E-state index is -5.06. The van der Waals surface area contributed by atoms with Crippen LogP contribution in [0.25, 0.3) is 0 Å². The Morgan fingerprint density at radius 3 is 2.29 bits per heavy atom. The smallest absolute Gasteiger partial charge is 0.417 e. The number of aldehydes is 1. The predicted molar refractivity (Wildman–Crippen MR) is 96.9 cm³/mol. The third kappa shape index (κ3) is 4.04. The first-order chi connectivity index (χ1) is 13.0. The summed E-state index contributed by atoms with van der Waals surface area (Å²) in [5.74, 6) is -0.468. The van der Waals surface area contributed by atoms with E-state index in [1.54, 1.807) is 31.2 Å². The zero-order valence-electron chi connectivity index (χ0n) is 15.8. The van der Waals surface area contributed by atoms with Crippen molar-refractivity contribution in [3.05, 3.63) is 65.0 Å². The number of aliphatic hydroxyl groups is 1. The molecule has 0 heterocycles. The van der Waals surface area contributed by atoms with Crippen LogP contribution in [0.3, 0.4) is 0 Å². The number of aryl methyl sites for hydroxylation is 1. The van der Waals surface area contributed by atoms with Gasteiger partial charge in [0, 0.05) is 17.4 Å². The topological polar surface area (TPSA) is 46.5 Å². The Morgan fingerprint density at radius 2 is 1.75 bits per heavy atom. The van der Waals surface area contributed by atoms with Crippen molar-refractivity contribution in [3.8, 4) is 5.75 Å². The van der Waals surface area contributed by atoms with Gasteiger partial charge in [-0.15, -0.1) is 0 Å². The number of alkyl halides is 3. The SMILES string of the molecule is COc1ccc(F)cc1C(C)(CC(O)(CC=O)C(F)(F)F)c1ccccc1C. The van der Waals surface area contributed by atoms with E-state index in [1.165, 1.54) is 20.1 Å². The molecule has 0 saturated heterocycles. The van der Waals surface area contributed by atoms with Gasteiger partial charge >= 0.3 is 6.18 Å². The molecule has 0 amide bonds. The van der Waals surface area contributed by atoms with E-state index in [1.807, 2.05) is 0 Å². The van der Waals surface area contributed by atoms with E-state index in [2.05, 4.69) is 0 Å². The van der Waals surface area contributed by atoms with Crippen molar-refractivity contribution in [2.75, 3.05) is 7.11 Å². The van der Waals surface area contributed by atoms with Crippen LogP contribution in [0, 0.1) is 12.7 Å². The van der Waals surface area contributed by atoms with Crippen LogP contribution in [0.5, 0.6) is 5.75 Å². The lowest BCUT2D eigenvalue weighted by molar-refractivity contribution is -0.265. The summed E-state index contributed by atoms with van der Waals surface area (Å²) in [5, 5.41) is 10.4. The highest BCUT2D eigenvalue weighted by molar-refractivity contribution is 5.54. The van der Waals surface area contributed by atoms with E-state index in [-0.39, 0.29) is 17.6 Å². The molecule has 0 bridgehead atoms. The van der Waals surface area contributed by atoms with Gasteiger partial charge in [-0.05, 0) is 42.7 Å². The van der Waals surface area contributed by atoms with Crippen LogP contribution in [-0.2, 0) is 10.2 Å². The number of hydrogen-bond donors (Lipinski definition) is 1. The number of ether oxygens (including phenoxy) is 1. The van der Waals surface area contributed by atoms with Crippen LogP contribution in [0.1, 0.15) is 36.5 Å². The van der Waals surface area contributed by atoms with Gasteiger partial charge in [0.05, 0.1) is 7.11 Å². The Labute approximate surface area is 161 Å². The summed E-state index contributed by atoms with van der Waals surface area (Å²) in [4.78, 5) is 10.9. The van der Waals surface area contributed by atoms with Gasteiger partial charge in [-0.25, -0.2) is 4.39 Å². The summed E-state index contributed by atoms with van der Waals surface area (Å²) in [6.45, 7) is 3.19. The van der Waals surface area contributed by atoms with Crippen molar-refractivity contribution in [2.24, 2.45) is 0 Å². The minimum absolute atomic E-state index is 0.0363. The van der Waals surface area contributed by atoms with Crippen molar-refractivity contribution in [2.45, 2.75) is 43.9 Å². The Morgan fingerprint density at radius 1 is 1.11 bits per heavy atom. The maximum Gasteiger partial charge on any atom is 0.417 e. The molecule has 0 spiro atoms. The molecule has 0 aliphatic carbocycles. The average Bonchev–Trinajstić information content (AvgIpc) is 2.61. The Kier molecular flexibility index (Phi) is 6.18. The summed E-state index contributed by atoms with van der Waals surface area (Å²) < 4.78 is 60.4. The monoisotopic (exact) mass is 398 g/mol. The van der Waals surface area contributed by atoms with Crippen LogP contribution in [0.15, 0.2) is 42.5 Å². The third-order valence-corrected chi connectivity index (χ3v) is 5.09. The molecule has 28 heavy (non-hydrogen) atoms. The van der Waals surface area contributed by atoms with Gasteiger partial charge in [-0.3, -0.25) is 0 Å². The Bertz CT molecular complexity index is 850. The molecule has 1 N–H and O–H groups in total. The number of methoxy groups -OCH3 is 1. The molecular weight excluding hydrogens is 376 g/mol. The van der Waals surface area contributed by atoms with Crippen LogP contribution in [-0.4, -0.2) is 30.3 Å². The molecule has 2 unspecified atom stereocenters. The summed E-state index contributed by atoms with van der Waals surface area (Å²) in [6, 6.07) is 10.3. The molecule has 0 aromatic heterocycles. The van der Waals surface area contributed by atoms with E-state index in [0.29, 0.717) is 11.1 Å². The first-order valence-corrected chi connectivity index (χ1v) is 8.61. The van der Waals surface area contributed by atoms with Gasteiger partial charge in [-0.2, -0.15) is 13.2 Å². The molecule has 2 rings (SSSR count). The molecule has 2 aromatic rings. The highest BCUT2D eigenvalue weighted by atomic mass is 19.4. The van der Waals surface area contributed by atoms with E-state index in [4.69, 9.17) is 4.74 Å². The number of hydrogen-bond acceptors (Lipinski definition) is 3. The van der Waals surface area contributed by atoms with Gasteiger partial charge in [0.25, 0.3) is 0 Å². The molecule has 7 heteroatoms.